The second kappa shape index (κ2) is 4.31. The minimum atomic E-state index is -0.464. The predicted molar refractivity (Wildman–Crippen MR) is 70.9 cm³/mol. The predicted octanol–water partition coefficient (Wildman–Crippen LogP) is 3.92. The molecule has 0 aliphatic heterocycles. The molecule has 0 unspecified atom stereocenters. The standard InChI is InChI=1S/C14H14N2S/c1-10-12(14(2,3)9-15)17-13(16-10)11-7-5-4-6-8-11/h4-8H,1-3H3. The van der Waals surface area contributed by atoms with E-state index in [1.807, 2.05) is 51.1 Å². The number of aryl methyl sites for hydroxylation is 1. The first-order valence-electron chi connectivity index (χ1n) is 5.49. The van der Waals surface area contributed by atoms with Crippen molar-refractivity contribution >= 4 is 11.3 Å². The van der Waals surface area contributed by atoms with E-state index in [1.54, 1.807) is 11.3 Å². The lowest BCUT2D eigenvalue weighted by molar-refractivity contribution is 0.695. The van der Waals surface area contributed by atoms with Gasteiger partial charge in [0.05, 0.1) is 17.2 Å². The van der Waals surface area contributed by atoms with Crippen molar-refractivity contribution in [2.75, 3.05) is 0 Å². The Hall–Kier alpha value is -1.66. The molecule has 0 amide bonds. The van der Waals surface area contributed by atoms with Gasteiger partial charge >= 0.3 is 0 Å². The van der Waals surface area contributed by atoms with Crippen LogP contribution in [-0.4, -0.2) is 4.98 Å². The van der Waals surface area contributed by atoms with Crippen molar-refractivity contribution in [1.82, 2.24) is 4.98 Å². The largest absolute Gasteiger partial charge is 0.241 e. The first-order valence-corrected chi connectivity index (χ1v) is 6.31. The SMILES string of the molecule is Cc1nc(-c2ccccc2)sc1C(C)(C)C#N. The van der Waals surface area contributed by atoms with E-state index < -0.39 is 5.41 Å². The third-order valence-electron chi connectivity index (χ3n) is 2.66. The summed E-state index contributed by atoms with van der Waals surface area (Å²) < 4.78 is 0. The van der Waals surface area contributed by atoms with Crippen molar-refractivity contribution in [3.8, 4) is 16.6 Å². The molecule has 0 N–H and O–H groups in total. The van der Waals surface area contributed by atoms with E-state index in [2.05, 4.69) is 11.1 Å². The second-order valence-corrected chi connectivity index (χ2v) is 5.54. The van der Waals surface area contributed by atoms with E-state index >= 15 is 0 Å². The Bertz CT molecular complexity index is 562. The summed E-state index contributed by atoms with van der Waals surface area (Å²) in [4.78, 5) is 5.62. The lowest BCUT2D eigenvalue weighted by Gasteiger charge is -2.12. The van der Waals surface area contributed by atoms with Crippen LogP contribution in [0, 0.1) is 18.3 Å². The maximum Gasteiger partial charge on any atom is 0.123 e. The highest BCUT2D eigenvalue weighted by atomic mass is 32.1. The van der Waals surface area contributed by atoms with Crippen molar-refractivity contribution in [3.63, 3.8) is 0 Å². The first-order chi connectivity index (χ1) is 8.04. The van der Waals surface area contributed by atoms with E-state index in [1.165, 1.54) is 0 Å². The number of nitriles is 1. The van der Waals surface area contributed by atoms with Crippen molar-refractivity contribution < 1.29 is 0 Å². The molecule has 1 heterocycles. The Morgan fingerprint density at radius 1 is 1.24 bits per heavy atom. The zero-order valence-corrected chi connectivity index (χ0v) is 11.0. The van der Waals surface area contributed by atoms with Crippen LogP contribution >= 0.6 is 11.3 Å². The summed E-state index contributed by atoms with van der Waals surface area (Å²) in [5, 5.41) is 10.2. The third kappa shape index (κ3) is 2.22. The van der Waals surface area contributed by atoms with Crippen molar-refractivity contribution in [2.45, 2.75) is 26.2 Å². The number of hydrogen-bond donors (Lipinski definition) is 0. The summed E-state index contributed by atoms with van der Waals surface area (Å²) in [6.07, 6.45) is 0. The van der Waals surface area contributed by atoms with Crippen molar-refractivity contribution in [1.29, 1.82) is 5.26 Å². The molecule has 0 aliphatic rings. The molecule has 17 heavy (non-hydrogen) atoms. The van der Waals surface area contributed by atoms with Gasteiger partial charge in [-0.3, -0.25) is 0 Å². The molecule has 0 fully saturated rings. The Morgan fingerprint density at radius 2 is 1.88 bits per heavy atom. The van der Waals surface area contributed by atoms with Gasteiger partial charge in [-0.15, -0.1) is 11.3 Å². The summed E-state index contributed by atoms with van der Waals surface area (Å²) >= 11 is 1.61. The Kier molecular flexibility index (Phi) is 2.99. The van der Waals surface area contributed by atoms with Crippen LogP contribution in [0.1, 0.15) is 24.4 Å². The lowest BCUT2D eigenvalue weighted by Crippen LogP contribution is -2.13. The van der Waals surface area contributed by atoms with Crippen molar-refractivity contribution in [3.05, 3.63) is 40.9 Å². The first kappa shape index (κ1) is 11.8. The van der Waals surface area contributed by atoms with Gasteiger partial charge in [-0.05, 0) is 20.8 Å². The van der Waals surface area contributed by atoms with Gasteiger partial charge in [-0.1, -0.05) is 30.3 Å². The zero-order valence-electron chi connectivity index (χ0n) is 10.2. The number of aromatic nitrogens is 1. The molecule has 0 bridgehead atoms. The van der Waals surface area contributed by atoms with Gasteiger partial charge in [0.2, 0.25) is 0 Å². The third-order valence-corrected chi connectivity index (χ3v) is 4.19. The van der Waals surface area contributed by atoms with Crippen LogP contribution < -0.4 is 0 Å². The molecular formula is C14H14N2S. The zero-order chi connectivity index (χ0) is 12.5. The molecule has 86 valence electrons. The number of thiazole rings is 1. The van der Waals surface area contributed by atoms with Crippen LogP contribution in [0.3, 0.4) is 0 Å². The topological polar surface area (TPSA) is 36.7 Å². The summed E-state index contributed by atoms with van der Waals surface area (Å²) in [5.41, 5.74) is 1.61. The molecule has 0 spiro atoms. The van der Waals surface area contributed by atoms with Crippen LogP contribution in [-0.2, 0) is 5.41 Å². The van der Waals surface area contributed by atoms with Gasteiger partial charge in [0.15, 0.2) is 0 Å². The fourth-order valence-electron chi connectivity index (χ4n) is 1.73. The summed E-state index contributed by atoms with van der Waals surface area (Å²) in [6.45, 7) is 5.84. The van der Waals surface area contributed by atoms with Crippen LogP contribution in [0.4, 0.5) is 0 Å². The summed E-state index contributed by atoms with van der Waals surface area (Å²) in [5.74, 6) is 0. The van der Waals surface area contributed by atoms with E-state index in [4.69, 9.17) is 0 Å². The smallest absolute Gasteiger partial charge is 0.123 e. The summed E-state index contributed by atoms with van der Waals surface area (Å²) in [6, 6.07) is 12.4. The van der Waals surface area contributed by atoms with Gasteiger partial charge in [0.1, 0.15) is 5.01 Å². The quantitative estimate of drug-likeness (QED) is 0.800. The average Bonchev–Trinajstić information content (AvgIpc) is 2.73. The Morgan fingerprint density at radius 3 is 2.47 bits per heavy atom. The number of benzene rings is 1. The van der Waals surface area contributed by atoms with Crippen LogP contribution in [0.5, 0.6) is 0 Å². The second-order valence-electron chi connectivity index (χ2n) is 4.54. The molecule has 1 aromatic heterocycles. The highest BCUT2D eigenvalue weighted by Crippen LogP contribution is 2.35. The van der Waals surface area contributed by atoms with Gasteiger partial charge in [0, 0.05) is 10.4 Å². The van der Waals surface area contributed by atoms with Crippen LogP contribution in [0.2, 0.25) is 0 Å². The average molecular weight is 242 g/mol. The van der Waals surface area contributed by atoms with Gasteiger partial charge < -0.3 is 0 Å². The van der Waals surface area contributed by atoms with Gasteiger partial charge in [0.25, 0.3) is 0 Å². The van der Waals surface area contributed by atoms with E-state index in [-0.39, 0.29) is 0 Å². The van der Waals surface area contributed by atoms with E-state index in [9.17, 15) is 5.26 Å². The van der Waals surface area contributed by atoms with Crippen LogP contribution in [0.25, 0.3) is 10.6 Å². The number of rotatable bonds is 2. The number of nitrogens with zero attached hydrogens (tertiary/aromatic N) is 2. The molecule has 0 radical (unpaired) electrons. The van der Waals surface area contributed by atoms with Gasteiger partial charge in [-0.2, -0.15) is 5.26 Å². The molecule has 0 atom stereocenters. The molecule has 3 heteroatoms. The molecule has 2 nitrogen and oxygen atoms in total. The highest BCUT2D eigenvalue weighted by molar-refractivity contribution is 7.15. The Balaban J connectivity index is 2.49. The maximum atomic E-state index is 9.18. The molecule has 0 saturated carbocycles. The molecule has 1 aromatic carbocycles. The fourth-order valence-corrected chi connectivity index (χ4v) is 2.86. The maximum absolute atomic E-state index is 9.18. The summed E-state index contributed by atoms with van der Waals surface area (Å²) in [7, 11) is 0. The Labute approximate surface area is 106 Å². The fraction of sp³-hybridized carbons (Fsp3) is 0.286. The van der Waals surface area contributed by atoms with E-state index in [0.29, 0.717) is 0 Å². The van der Waals surface area contributed by atoms with Crippen LogP contribution in [0.15, 0.2) is 30.3 Å². The van der Waals surface area contributed by atoms with Crippen molar-refractivity contribution in [2.24, 2.45) is 0 Å². The molecule has 0 aliphatic carbocycles. The molecular weight excluding hydrogens is 228 g/mol. The van der Waals surface area contributed by atoms with E-state index in [0.717, 1.165) is 21.1 Å². The highest BCUT2D eigenvalue weighted by Gasteiger charge is 2.25. The normalized spacial score (nSPS) is 11.2. The minimum absolute atomic E-state index is 0.464. The monoisotopic (exact) mass is 242 g/mol. The minimum Gasteiger partial charge on any atom is -0.241 e. The molecule has 2 aromatic rings. The lowest BCUT2D eigenvalue weighted by atomic mass is 9.93. The molecule has 2 rings (SSSR count). The van der Waals surface area contributed by atoms with Gasteiger partial charge in [-0.25, -0.2) is 4.98 Å². The molecule has 0 saturated heterocycles. The number of hydrogen-bond acceptors (Lipinski definition) is 3.